The second-order valence-electron chi connectivity index (χ2n) is 6.17. The van der Waals surface area contributed by atoms with Crippen LogP contribution in [0.5, 0.6) is 0 Å². The van der Waals surface area contributed by atoms with E-state index in [9.17, 15) is 9.59 Å². The van der Waals surface area contributed by atoms with Gasteiger partial charge in [-0.1, -0.05) is 12.8 Å². The number of nitrogens with one attached hydrogen (secondary N) is 1. The van der Waals surface area contributed by atoms with E-state index in [0.29, 0.717) is 31.1 Å². The van der Waals surface area contributed by atoms with Gasteiger partial charge in [0.25, 0.3) is 5.56 Å². The molecule has 0 bridgehead atoms. The van der Waals surface area contributed by atoms with Crippen LogP contribution in [0.4, 0.5) is 0 Å². The highest BCUT2D eigenvalue weighted by molar-refractivity contribution is 5.76. The van der Waals surface area contributed by atoms with Crippen LogP contribution in [0.1, 0.15) is 38.5 Å². The number of hydrogen-bond donors (Lipinski definition) is 1. The highest BCUT2D eigenvalue weighted by Crippen LogP contribution is 2.17. The average Bonchev–Trinajstić information content (AvgIpc) is 3.10. The molecule has 2 aromatic heterocycles. The third kappa shape index (κ3) is 4.28. The van der Waals surface area contributed by atoms with E-state index in [0.717, 1.165) is 18.4 Å². The minimum Gasteiger partial charge on any atom is -0.353 e. The van der Waals surface area contributed by atoms with Crippen molar-refractivity contribution in [1.82, 2.24) is 20.1 Å². The molecule has 0 aromatic carbocycles. The van der Waals surface area contributed by atoms with Crippen LogP contribution in [0.2, 0.25) is 0 Å². The highest BCUT2D eigenvalue weighted by Gasteiger charge is 2.16. The number of carbonyl (C=O) groups excluding carboxylic acids is 1. The smallest absolute Gasteiger partial charge is 0.266 e. The number of hydrogen-bond acceptors (Lipinski definition) is 4. The van der Waals surface area contributed by atoms with Gasteiger partial charge in [0.1, 0.15) is 0 Å². The summed E-state index contributed by atoms with van der Waals surface area (Å²) in [7, 11) is 0. The van der Waals surface area contributed by atoms with Crippen molar-refractivity contribution in [1.29, 1.82) is 0 Å². The zero-order chi connectivity index (χ0) is 16.8. The van der Waals surface area contributed by atoms with Gasteiger partial charge in [0.2, 0.25) is 5.91 Å². The molecule has 6 nitrogen and oxygen atoms in total. The van der Waals surface area contributed by atoms with Crippen molar-refractivity contribution in [2.45, 2.75) is 51.1 Å². The maximum Gasteiger partial charge on any atom is 0.266 e. The van der Waals surface area contributed by atoms with Crippen molar-refractivity contribution in [3.8, 4) is 11.3 Å². The summed E-state index contributed by atoms with van der Waals surface area (Å²) in [5.41, 5.74) is 1.42. The Morgan fingerprint density at radius 1 is 1.25 bits per heavy atom. The fourth-order valence-corrected chi connectivity index (χ4v) is 3.04. The van der Waals surface area contributed by atoms with Gasteiger partial charge in [0.15, 0.2) is 0 Å². The van der Waals surface area contributed by atoms with Crippen LogP contribution in [0.25, 0.3) is 11.3 Å². The zero-order valence-electron chi connectivity index (χ0n) is 13.6. The van der Waals surface area contributed by atoms with Crippen LogP contribution in [-0.4, -0.2) is 26.7 Å². The summed E-state index contributed by atoms with van der Waals surface area (Å²) in [6, 6.07) is 7.28. The molecule has 24 heavy (non-hydrogen) atoms. The topological polar surface area (TPSA) is 76.9 Å². The van der Waals surface area contributed by atoms with Crippen LogP contribution < -0.4 is 10.9 Å². The lowest BCUT2D eigenvalue weighted by Crippen LogP contribution is -2.32. The normalized spacial score (nSPS) is 14.7. The predicted molar refractivity (Wildman–Crippen MR) is 91.4 cm³/mol. The van der Waals surface area contributed by atoms with E-state index < -0.39 is 0 Å². The minimum atomic E-state index is -0.154. The SMILES string of the molecule is O=C(CCCn1nc(-c2cccnc2)ccc1=O)NC1CCCC1. The number of aromatic nitrogens is 3. The summed E-state index contributed by atoms with van der Waals surface area (Å²) in [4.78, 5) is 27.9. The summed E-state index contributed by atoms with van der Waals surface area (Å²) in [5, 5.41) is 7.44. The largest absolute Gasteiger partial charge is 0.353 e. The van der Waals surface area contributed by atoms with Gasteiger partial charge in [0.05, 0.1) is 5.69 Å². The maximum absolute atomic E-state index is 11.9. The molecule has 2 aromatic rings. The molecule has 1 aliphatic carbocycles. The molecule has 1 saturated carbocycles. The Morgan fingerprint density at radius 3 is 2.83 bits per heavy atom. The lowest BCUT2D eigenvalue weighted by atomic mass is 10.2. The third-order valence-corrected chi connectivity index (χ3v) is 4.32. The number of aryl methyl sites for hydroxylation is 1. The van der Waals surface area contributed by atoms with Gasteiger partial charge in [-0.25, -0.2) is 4.68 Å². The summed E-state index contributed by atoms with van der Waals surface area (Å²) < 4.78 is 1.42. The van der Waals surface area contributed by atoms with Gasteiger partial charge in [-0.3, -0.25) is 14.6 Å². The second-order valence-corrected chi connectivity index (χ2v) is 6.17. The van der Waals surface area contributed by atoms with Crippen molar-refractivity contribution < 1.29 is 4.79 Å². The van der Waals surface area contributed by atoms with Gasteiger partial charge >= 0.3 is 0 Å². The first kappa shape index (κ1) is 16.4. The first-order chi connectivity index (χ1) is 11.7. The molecule has 0 aliphatic heterocycles. The van der Waals surface area contributed by atoms with Gasteiger partial charge in [0, 0.05) is 43.0 Å². The van der Waals surface area contributed by atoms with Crippen molar-refractivity contribution >= 4 is 5.91 Å². The third-order valence-electron chi connectivity index (χ3n) is 4.32. The zero-order valence-corrected chi connectivity index (χ0v) is 13.6. The van der Waals surface area contributed by atoms with Crippen LogP contribution in [0.15, 0.2) is 41.5 Å². The summed E-state index contributed by atoms with van der Waals surface area (Å²) in [5.74, 6) is 0.0679. The molecule has 1 N–H and O–H groups in total. The molecule has 0 atom stereocenters. The van der Waals surface area contributed by atoms with Gasteiger partial charge < -0.3 is 5.32 Å². The Hall–Kier alpha value is -2.50. The average molecular weight is 326 g/mol. The van der Waals surface area contributed by atoms with Crippen molar-refractivity contribution in [3.05, 3.63) is 47.0 Å². The Bertz CT molecular complexity index is 736. The quantitative estimate of drug-likeness (QED) is 0.882. The molecule has 0 spiro atoms. The number of pyridine rings is 1. The number of nitrogens with zero attached hydrogens (tertiary/aromatic N) is 3. The van der Waals surface area contributed by atoms with E-state index in [4.69, 9.17) is 0 Å². The van der Waals surface area contributed by atoms with Crippen LogP contribution in [-0.2, 0) is 11.3 Å². The molecule has 1 fully saturated rings. The van der Waals surface area contributed by atoms with Gasteiger partial charge in [-0.15, -0.1) is 0 Å². The molecule has 6 heteroatoms. The van der Waals surface area contributed by atoms with Gasteiger partial charge in [-0.05, 0) is 37.5 Å². The van der Waals surface area contributed by atoms with Crippen molar-refractivity contribution in [2.75, 3.05) is 0 Å². The first-order valence-electron chi connectivity index (χ1n) is 8.50. The minimum absolute atomic E-state index is 0.0679. The van der Waals surface area contributed by atoms with E-state index >= 15 is 0 Å². The lowest BCUT2D eigenvalue weighted by molar-refractivity contribution is -0.121. The molecule has 0 radical (unpaired) electrons. The molecule has 2 heterocycles. The number of carbonyl (C=O) groups is 1. The van der Waals surface area contributed by atoms with E-state index in [-0.39, 0.29) is 11.5 Å². The molecule has 3 rings (SSSR count). The van der Waals surface area contributed by atoms with Crippen molar-refractivity contribution in [2.24, 2.45) is 0 Å². The Balaban J connectivity index is 1.56. The van der Waals surface area contributed by atoms with E-state index in [1.165, 1.54) is 23.6 Å². The first-order valence-corrected chi connectivity index (χ1v) is 8.50. The molecule has 0 unspecified atom stereocenters. The van der Waals surface area contributed by atoms with E-state index in [1.54, 1.807) is 18.5 Å². The fraction of sp³-hybridized carbons (Fsp3) is 0.444. The van der Waals surface area contributed by atoms with Crippen LogP contribution >= 0.6 is 0 Å². The second kappa shape index (κ2) is 7.86. The standard InChI is InChI=1S/C18H22N4O2/c23-17(20-15-6-1-2-7-15)8-4-12-22-18(24)10-9-16(21-22)14-5-3-11-19-13-14/h3,5,9-11,13,15H,1-2,4,6-8,12H2,(H,20,23). The maximum atomic E-state index is 11.9. The van der Waals surface area contributed by atoms with E-state index in [2.05, 4.69) is 15.4 Å². The van der Waals surface area contributed by atoms with Crippen LogP contribution in [0, 0.1) is 0 Å². The molecule has 126 valence electrons. The van der Waals surface area contributed by atoms with Crippen molar-refractivity contribution in [3.63, 3.8) is 0 Å². The molecular formula is C18H22N4O2. The van der Waals surface area contributed by atoms with E-state index in [1.807, 2.05) is 12.1 Å². The summed E-state index contributed by atoms with van der Waals surface area (Å²) >= 11 is 0. The number of rotatable bonds is 6. The fourth-order valence-electron chi connectivity index (χ4n) is 3.04. The Labute approximate surface area is 140 Å². The molecule has 1 aliphatic rings. The molecular weight excluding hydrogens is 304 g/mol. The number of amides is 1. The monoisotopic (exact) mass is 326 g/mol. The lowest BCUT2D eigenvalue weighted by Gasteiger charge is -2.12. The highest BCUT2D eigenvalue weighted by atomic mass is 16.1. The van der Waals surface area contributed by atoms with Gasteiger partial charge in [-0.2, -0.15) is 5.10 Å². The summed E-state index contributed by atoms with van der Waals surface area (Å²) in [6.07, 6.45) is 9.00. The molecule has 0 saturated heterocycles. The Kier molecular flexibility index (Phi) is 5.36. The Morgan fingerprint density at radius 2 is 2.08 bits per heavy atom. The predicted octanol–water partition coefficient (Wildman–Crippen LogP) is 2.14. The molecule has 1 amide bonds. The van der Waals surface area contributed by atoms with Crippen LogP contribution in [0.3, 0.4) is 0 Å². The summed E-state index contributed by atoms with van der Waals surface area (Å²) in [6.45, 7) is 0.436.